The van der Waals surface area contributed by atoms with Gasteiger partial charge < -0.3 is 4.74 Å². The molecule has 0 radical (unpaired) electrons. The molecule has 0 aromatic rings. The summed E-state index contributed by atoms with van der Waals surface area (Å²) in [6, 6.07) is 0. The van der Waals surface area contributed by atoms with Gasteiger partial charge in [0.15, 0.2) is 0 Å². The smallest absolute Gasteiger partial charge is 0.306 e. The van der Waals surface area contributed by atoms with E-state index in [1.807, 2.05) is 0 Å². The first-order valence-corrected chi connectivity index (χ1v) is 8.38. The van der Waals surface area contributed by atoms with Crippen molar-refractivity contribution in [2.24, 2.45) is 0 Å². The number of rotatable bonds is 14. The minimum atomic E-state index is -0.485. The molecule has 0 saturated heterocycles. The van der Waals surface area contributed by atoms with E-state index in [1.54, 1.807) is 0 Å². The highest BCUT2D eigenvalue weighted by atomic mass is 35.5. The van der Waals surface area contributed by atoms with Gasteiger partial charge in [-0.2, -0.15) is 0 Å². The van der Waals surface area contributed by atoms with Crippen molar-refractivity contribution in [1.82, 2.24) is 0 Å². The molecule has 4 heteroatoms. The second-order valence-electron chi connectivity index (χ2n) is 5.26. The Morgan fingerprint density at radius 1 is 0.800 bits per heavy atom. The van der Waals surface area contributed by atoms with Gasteiger partial charge in [-0.25, -0.2) is 0 Å². The van der Waals surface area contributed by atoms with E-state index in [0.29, 0.717) is 6.61 Å². The van der Waals surface area contributed by atoms with Crippen molar-refractivity contribution < 1.29 is 14.3 Å². The van der Waals surface area contributed by atoms with Crippen molar-refractivity contribution >= 4 is 22.8 Å². The van der Waals surface area contributed by atoms with E-state index in [0.717, 1.165) is 12.8 Å². The topological polar surface area (TPSA) is 43.4 Å². The number of halogens is 1. The van der Waals surface area contributed by atoms with Crippen molar-refractivity contribution in [3.8, 4) is 0 Å². The number of carbonyl (C=O) groups is 2. The molecule has 0 aromatic heterocycles. The first-order chi connectivity index (χ1) is 9.66. The highest BCUT2D eigenvalue weighted by molar-refractivity contribution is 6.63. The quantitative estimate of drug-likeness (QED) is 0.258. The van der Waals surface area contributed by atoms with Gasteiger partial charge in [-0.05, 0) is 18.0 Å². The van der Waals surface area contributed by atoms with Crippen LogP contribution in [-0.4, -0.2) is 17.8 Å². The van der Waals surface area contributed by atoms with Gasteiger partial charge in [0, 0.05) is 6.42 Å². The summed E-state index contributed by atoms with van der Waals surface area (Å²) >= 11 is 5.15. The van der Waals surface area contributed by atoms with E-state index in [-0.39, 0.29) is 18.8 Å². The zero-order chi connectivity index (χ0) is 15.1. The van der Waals surface area contributed by atoms with E-state index in [9.17, 15) is 9.59 Å². The molecule has 0 aliphatic carbocycles. The fourth-order valence-corrected chi connectivity index (χ4v) is 2.14. The molecule has 3 nitrogen and oxygen atoms in total. The van der Waals surface area contributed by atoms with E-state index in [1.165, 1.54) is 51.4 Å². The van der Waals surface area contributed by atoms with Gasteiger partial charge in [-0.3, -0.25) is 9.59 Å². The highest BCUT2D eigenvalue weighted by Crippen LogP contribution is 2.10. The average Bonchev–Trinajstić information content (AvgIpc) is 2.42. The molecule has 0 saturated carbocycles. The fraction of sp³-hybridized carbons (Fsp3) is 0.875. The lowest BCUT2D eigenvalue weighted by atomic mass is 10.1. The predicted octanol–water partition coefficient (Wildman–Crippen LogP) is 5.00. The van der Waals surface area contributed by atoms with Crippen molar-refractivity contribution in [2.45, 2.75) is 84.0 Å². The maximum Gasteiger partial charge on any atom is 0.306 e. The number of hydrogen-bond acceptors (Lipinski definition) is 3. The Morgan fingerprint density at radius 2 is 1.30 bits per heavy atom. The standard InChI is InChI=1S/C16H29ClO3/c1-2-3-4-5-6-7-8-9-10-11-14-20-16(19)13-12-15(17)18/h2-14H2,1H3. The largest absolute Gasteiger partial charge is 0.466 e. The number of hydrogen-bond donors (Lipinski definition) is 0. The minimum absolute atomic E-state index is 0.0679. The monoisotopic (exact) mass is 304 g/mol. The third kappa shape index (κ3) is 15.5. The molecular weight excluding hydrogens is 276 g/mol. The molecule has 0 bridgehead atoms. The summed E-state index contributed by atoms with van der Waals surface area (Å²) in [5.74, 6) is -0.324. The van der Waals surface area contributed by atoms with Crippen LogP contribution in [0.2, 0.25) is 0 Å². The van der Waals surface area contributed by atoms with E-state index in [4.69, 9.17) is 16.3 Å². The van der Waals surface area contributed by atoms with Gasteiger partial charge in [0.2, 0.25) is 5.24 Å². The number of ether oxygens (including phenoxy) is 1. The van der Waals surface area contributed by atoms with Gasteiger partial charge >= 0.3 is 5.97 Å². The molecule has 0 N–H and O–H groups in total. The van der Waals surface area contributed by atoms with Gasteiger partial charge in [-0.15, -0.1) is 0 Å². The summed E-state index contributed by atoms with van der Waals surface area (Å²) in [6.07, 6.45) is 12.8. The number of esters is 1. The molecule has 0 rings (SSSR count). The summed E-state index contributed by atoms with van der Waals surface area (Å²) < 4.78 is 5.01. The first kappa shape index (κ1) is 19.4. The van der Waals surface area contributed by atoms with Crippen LogP contribution >= 0.6 is 11.6 Å². The molecule has 118 valence electrons. The molecular formula is C16H29ClO3. The van der Waals surface area contributed by atoms with Crippen LogP contribution in [0.3, 0.4) is 0 Å². The number of carbonyl (C=O) groups excluding carboxylic acids is 2. The Hall–Kier alpha value is -0.570. The summed E-state index contributed by atoms with van der Waals surface area (Å²) in [5, 5.41) is -0.485. The lowest BCUT2D eigenvalue weighted by Gasteiger charge is -2.04. The van der Waals surface area contributed by atoms with Crippen LogP contribution in [-0.2, 0) is 14.3 Å². The molecule has 20 heavy (non-hydrogen) atoms. The zero-order valence-corrected chi connectivity index (χ0v) is 13.6. The Labute approximate surface area is 128 Å². The second kappa shape index (κ2) is 14.8. The summed E-state index contributed by atoms with van der Waals surface area (Å²) in [6.45, 7) is 2.70. The molecule has 0 amide bonds. The van der Waals surface area contributed by atoms with E-state index >= 15 is 0 Å². The van der Waals surface area contributed by atoms with Crippen molar-refractivity contribution in [1.29, 1.82) is 0 Å². The van der Waals surface area contributed by atoms with Crippen molar-refractivity contribution in [2.75, 3.05) is 6.61 Å². The summed E-state index contributed by atoms with van der Waals surface area (Å²) in [4.78, 5) is 21.6. The molecule has 0 aliphatic rings. The predicted molar refractivity (Wildman–Crippen MR) is 82.9 cm³/mol. The Morgan fingerprint density at radius 3 is 1.80 bits per heavy atom. The third-order valence-corrected chi connectivity index (χ3v) is 3.48. The van der Waals surface area contributed by atoms with Gasteiger partial charge in [0.1, 0.15) is 0 Å². The summed E-state index contributed by atoms with van der Waals surface area (Å²) in [5.41, 5.74) is 0. The lowest BCUT2D eigenvalue weighted by molar-refractivity contribution is -0.144. The Kier molecular flexibility index (Phi) is 14.4. The molecule has 0 spiro atoms. The van der Waals surface area contributed by atoms with Gasteiger partial charge in [0.05, 0.1) is 13.0 Å². The Bertz CT molecular complexity index is 254. The molecule has 0 atom stereocenters. The SMILES string of the molecule is CCCCCCCCCCCCOC(=O)CCC(=O)Cl. The maximum absolute atomic E-state index is 11.2. The van der Waals surface area contributed by atoms with Crippen LogP contribution in [0, 0.1) is 0 Å². The summed E-state index contributed by atoms with van der Waals surface area (Å²) in [7, 11) is 0. The fourth-order valence-electron chi connectivity index (χ4n) is 2.05. The molecule has 0 aromatic carbocycles. The van der Waals surface area contributed by atoms with Crippen molar-refractivity contribution in [3.05, 3.63) is 0 Å². The molecule has 0 aliphatic heterocycles. The normalized spacial score (nSPS) is 10.5. The molecule has 0 heterocycles. The van der Waals surface area contributed by atoms with E-state index in [2.05, 4.69) is 6.92 Å². The van der Waals surface area contributed by atoms with Crippen LogP contribution in [0.5, 0.6) is 0 Å². The van der Waals surface area contributed by atoms with Crippen LogP contribution in [0.4, 0.5) is 0 Å². The molecule has 0 unspecified atom stereocenters. The number of unbranched alkanes of at least 4 members (excludes halogenated alkanes) is 9. The van der Waals surface area contributed by atoms with Crippen LogP contribution < -0.4 is 0 Å². The Balaban J connectivity index is 3.12. The first-order valence-electron chi connectivity index (χ1n) is 8.00. The van der Waals surface area contributed by atoms with Crippen LogP contribution in [0.15, 0.2) is 0 Å². The lowest BCUT2D eigenvalue weighted by Crippen LogP contribution is -2.06. The van der Waals surface area contributed by atoms with Crippen LogP contribution in [0.25, 0.3) is 0 Å². The van der Waals surface area contributed by atoms with Crippen LogP contribution in [0.1, 0.15) is 84.0 Å². The zero-order valence-electron chi connectivity index (χ0n) is 12.8. The average molecular weight is 305 g/mol. The molecule has 0 fully saturated rings. The van der Waals surface area contributed by atoms with Crippen molar-refractivity contribution in [3.63, 3.8) is 0 Å². The second-order valence-corrected chi connectivity index (χ2v) is 5.68. The maximum atomic E-state index is 11.2. The highest BCUT2D eigenvalue weighted by Gasteiger charge is 2.05. The third-order valence-electron chi connectivity index (χ3n) is 3.29. The minimum Gasteiger partial charge on any atom is -0.466 e. The van der Waals surface area contributed by atoms with Gasteiger partial charge in [0.25, 0.3) is 0 Å². The van der Waals surface area contributed by atoms with E-state index < -0.39 is 5.24 Å². The van der Waals surface area contributed by atoms with Gasteiger partial charge in [-0.1, -0.05) is 64.7 Å².